The van der Waals surface area contributed by atoms with E-state index in [4.69, 9.17) is 0 Å². The van der Waals surface area contributed by atoms with E-state index < -0.39 is 0 Å². The number of aromatic nitrogens is 2. The summed E-state index contributed by atoms with van der Waals surface area (Å²) in [7, 11) is 0. The summed E-state index contributed by atoms with van der Waals surface area (Å²) >= 11 is 0. The number of aryl methyl sites for hydroxylation is 2. The lowest BCUT2D eigenvalue weighted by atomic mass is 10.1. The zero-order valence-electron chi connectivity index (χ0n) is 19.5. The standard InChI is InChI=1S/C28H24N4O3/c1-19-8-12-22(13-9-19)27(34)30-16-24-25(17-30)32(28(35)21-6-4-3-5-7-21)29-26(24)31(18-33)23-14-10-20(2)11-15-23/h3-15,18H,16-17H2,1-2H3. The average molecular weight is 465 g/mol. The number of fused-ring (bicyclic) bond motifs is 1. The van der Waals surface area contributed by atoms with Gasteiger partial charge >= 0.3 is 0 Å². The molecule has 3 aromatic carbocycles. The van der Waals surface area contributed by atoms with E-state index in [1.807, 2.05) is 56.3 Å². The maximum absolute atomic E-state index is 13.4. The monoisotopic (exact) mass is 464 g/mol. The summed E-state index contributed by atoms with van der Waals surface area (Å²) in [6, 6.07) is 23.7. The molecule has 0 saturated carbocycles. The molecule has 1 aliphatic heterocycles. The molecule has 0 unspecified atom stereocenters. The van der Waals surface area contributed by atoms with Crippen LogP contribution in [-0.4, -0.2) is 32.9 Å². The topological polar surface area (TPSA) is 75.5 Å². The third-order valence-electron chi connectivity index (χ3n) is 6.20. The maximum atomic E-state index is 13.4. The molecular formula is C28H24N4O3. The second-order valence-corrected chi connectivity index (χ2v) is 8.67. The zero-order chi connectivity index (χ0) is 24.5. The Morgan fingerprint density at radius 3 is 2.03 bits per heavy atom. The molecule has 5 rings (SSSR count). The Kier molecular flexibility index (Phi) is 5.74. The molecule has 7 heteroatoms. The number of amides is 2. The summed E-state index contributed by atoms with van der Waals surface area (Å²) in [5.41, 5.74) is 5.09. The quantitative estimate of drug-likeness (QED) is 0.403. The Morgan fingerprint density at radius 2 is 1.40 bits per heavy atom. The number of nitrogens with zero attached hydrogens (tertiary/aromatic N) is 4. The van der Waals surface area contributed by atoms with Crippen LogP contribution in [0.4, 0.5) is 11.5 Å². The van der Waals surface area contributed by atoms with Crippen molar-refractivity contribution in [3.8, 4) is 0 Å². The van der Waals surface area contributed by atoms with Crippen molar-refractivity contribution in [3.05, 3.63) is 112 Å². The average Bonchev–Trinajstić information content (AvgIpc) is 3.46. The van der Waals surface area contributed by atoms with Gasteiger partial charge in [-0.05, 0) is 50.2 Å². The zero-order valence-corrected chi connectivity index (χ0v) is 19.5. The van der Waals surface area contributed by atoms with E-state index in [2.05, 4.69) is 5.10 Å². The molecule has 0 radical (unpaired) electrons. The van der Waals surface area contributed by atoms with Gasteiger partial charge in [-0.2, -0.15) is 4.68 Å². The first-order valence-electron chi connectivity index (χ1n) is 11.3. The van der Waals surface area contributed by atoms with Gasteiger partial charge in [-0.1, -0.05) is 53.6 Å². The minimum absolute atomic E-state index is 0.140. The number of hydrogen-bond acceptors (Lipinski definition) is 4. The minimum Gasteiger partial charge on any atom is -0.328 e. The van der Waals surface area contributed by atoms with Crippen LogP contribution < -0.4 is 4.90 Å². The molecule has 0 spiro atoms. The van der Waals surface area contributed by atoms with E-state index in [1.54, 1.807) is 41.3 Å². The minimum atomic E-state index is -0.313. The van der Waals surface area contributed by atoms with Gasteiger partial charge in [-0.25, -0.2) is 0 Å². The van der Waals surface area contributed by atoms with Crippen LogP contribution >= 0.6 is 0 Å². The number of benzene rings is 3. The lowest BCUT2D eigenvalue weighted by Crippen LogP contribution is -2.28. The number of anilines is 2. The van der Waals surface area contributed by atoms with Crippen molar-refractivity contribution >= 4 is 29.7 Å². The van der Waals surface area contributed by atoms with Crippen molar-refractivity contribution in [2.75, 3.05) is 4.90 Å². The fourth-order valence-electron chi connectivity index (χ4n) is 4.25. The van der Waals surface area contributed by atoms with E-state index in [0.29, 0.717) is 40.3 Å². The second kappa shape index (κ2) is 9.02. The van der Waals surface area contributed by atoms with E-state index in [0.717, 1.165) is 11.1 Å². The third-order valence-corrected chi connectivity index (χ3v) is 6.20. The van der Waals surface area contributed by atoms with E-state index in [-0.39, 0.29) is 24.9 Å². The highest BCUT2D eigenvalue weighted by atomic mass is 16.2. The van der Waals surface area contributed by atoms with Crippen LogP contribution in [0.2, 0.25) is 0 Å². The summed E-state index contributed by atoms with van der Waals surface area (Å²) in [5.74, 6) is -0.103. The van der Waals surface area contributed by atoms with Gasteiger partial charge in [0.25, 0.3) is 11.8 Å². The predicted molar refractivity (Wildman–Crippen MR) is 133 cm³/mol. The fraction of sp³-hybridized carbons (Fsp3) is 0.143. The summed E-state index contributed by atoms with van der Waals surface area (Å²) < 4.78 is 1.33. The van der Waals surface area contributed by atoms with E-state index >= 15 is 0 Å². The first-order valence-corrected chi connectivity index (χ1v) is 11.3. The Hall–Kier alpha value is -4.52. The molecule has 0 aliphatic carbocycles. The molecule has 2 amide bonds. The van der Waals surface area contributed by atoms with Gasteiger partial charge in [0.2, 0.25) is 6.41 Å². The summed E-state index contributed by atoms with van der Waals surface area (Å²) in [4.78, 5) is 42.0. The van der Waals surface area contributed by atoms with Gasteiger partial charge in [0.05, 0.1) is 24.5 Å². The first-order chi connectivity index (χ1) is 17.0. The number of carbonyl (C=O) groups is 3. The highest BCUT2D eigenvalue weighted by molar-refractivity contribution is 5.98. The molecular weight excluding hydrogens is 440 g/mol. The number of hydrogen-bond donors (Lipinski definition) is 0. The van der Waals surface area contributed by atoms with Gasteiger partial charge in [0.1, 0.15) is 0 Å². The van der Waals surface area contributed by atoms with Crippen LogP contribution in [0.25, 0.3) is 0 Å². The Bertz CT molecular complexity index is 1410. The summed E-state index contributed by atoms with van der Waals surface area (Å²) in [6.45, 7) is 4.40. The molecule has 0 saturated heterocycles. The van der Waals surface area contributed by atoms with Gasteiger partial charge in [0, 0.05) is 16.7 Å². The molecule has 174 valence electrons. The number of rotatable bonds is 5. The SMILES string of the molecule is Cc1ccc(C(=O)N2Cc3c(N(C=O)c4ccc(C)cc4)nn(C(=O)c4ccccc4)c3C2)cc1. The van der Waals surface area contributed by atoms with E-state index in [9.17, 15) is 14.4 Å². The van der Waals surface area contributed by atoms with Gasteiger partial charge in [-0.15, -0.1) is 5.10 Å². The molecule has 7 nitrogen and oxygen atoms in total. The van der Waals surface area contributed by atoms with Crippen molar-refractivity contribution < 1.29 is 14.4 Å². The molecule has 1 aliphatic rings. The molecule has 4 aromatic rings. The summed E-state index contributed by atoms with van der Waals surface area (Å²) in [5, 5.41) is 4.58. The van der Waals surface area contributed by atoms with Crippen LogP contribution in [0.1, 0.15) is 43.1 Å². The van der Waals surface area contributed by atoms with Crippen LogP contribution in [0.15, 0.2) is 78.9 Å². The van der Waals surface area contributed by atoms with Crippen molar-refractivity contribution in [3.63, 3.8) is 0 Å². The van der Waals surface area contributed by atoms with Crippen LogP contribution in [0.5, 0.6) is 0 Å². The largest absolute Gasteiger partial charge is 0.328 e. The molecule has 1 aromatic heterocycles. The maximum Gasteiger partial charge on any atom is 0.278 e. The molecule has 0 bridgehead atoms. The van der Waals surface area contributed by atoms with Gasteiger partial charge < -0.3 is 4.90 Å². The smallest absolute Gasteiger partial charge is 0.278 e. The van der Waals surface area contributed by atoms with E-state index in [1.165, 1.54) is 9.58 Å². The first kappa shape index (κ1) is 22.3. The van der Waals surface area contributed by atoms with Crippen LogP contribution in [0, 0.1) is 13.8 Å². The predicted octanol–water partition coefficient (Wildman–Crippen LogP) is 4.64. The summed E-state index contributed by atoms with van der Waals surface area (Å²) in [6.07, 6.45) is 0.690. The third kappa shape index (κ3) is 4.12. The van der Waals surface area contributed by atoms with Crippen molar-refractivity contribution in [2.24, 2.45) is 0 Å². The van der Waals surface area contributed by atoms with Gasteiger partial charge in [-0.3, -0.25) is 19.3 Å². The fourth-order valence-corrected chi connectivity index (χ4v) is 4.25. The molecule has 35 heavy (non-hydrogen) atoms. The van der Waals surface area contributed by atoms with Crippen molar-refractivity contribution in [2.45, 2.75) is 26.9 Å². The van der Waals surface area contributed by atoms with Gasteiger partial charge in [0.15, 0.2) is 5.82 Å². The van der Waals surface area contributed by atoms with Crippen LogP contribution in [0.3, 0.4) is 0 Å². The number of carbonyl (C=O) groups excluding carboxylic acids is 3. The lowest BCUT2D eigenvalue weighted by molar-refractivity contribution is -0.106. The molecule has 0 fully saturated rings. The molecule has 0 atom stereocenters. The second-order valence-electron chi connectivity index (χ2n) is 8.67. The lowest BCUT2D eigenvalue weighted by Gasteiger charge is -2.19. The van der Waals surface area contributed by atoms with Crippen LogP contribution in [-0.2, 0) is 17.9 Å². The molecule has 0 N–H and O–H groups in total. The Morgan fingerprint density at radius 1 is 0.800 bits per heavy atom. The molecule has 2 heterocycles. The Balaban J connectivity index is 1.57. The highest BCUT2D eigenvalue weighted by Gasteiger charge is 2.35. The van der Waals surface area contributed by atoms with Crippen molar-refractivity contribution in [1.82, 2.24) is 14.7 Å². The Labute approximate surface area is 203 Å². The normalized spacial score (nSPS) is 12.3. The highest BCUT2D eigenvalue weighted by Crippen LogP contribution is 2.35. The van der Waals surface area contributed by atoms with Crippen molar-refractivity contribution in [1.29, 1.82) is 0 Å².